The number of hydrogen-bond acceptors (Lipinski definition) is 7. The average Bonchev–Trinajstić information content (AvgIpc) is 2.71. The van der Waals surface area contributed by atoms with Crippen molar-refractivity contribution in [2.75, 3.05) is 14.2 Å². The fraction of sp³-hybridized carbons (Fsp3) is 0.348. The normalized spacial score (nSPS) is 16.8. The number of Topliss-reactive ketones (excluding diaryl/α,β-unsaturated/α-hetero) is 1. The molecular formula is C23H23ClO7. The van der Waals surface area contributed by atoms with Gasteiger partial charge in [0, 0.05) is 30.9 Å². The van der Waals surface area contributed by atoms with E-state index in [0.717, 1.165) is 0 Å². The Morgan fingerprint density at radius 3 is 2.06 bits per heavy atom. The van der Waals surface area contributed by atoms with Crippen LogP contribution in [0.2, 0.25) is 5.02 Å². The maximum absolute atomic E-state index is 13.1. The van der Waals surface area contributed by atoms with Gasteiger partial charge in [-0.15, -0.1) is 0 Å². The molecule has 0 unspecified atom stereocenters. The molecule has 0 saturated carbocycles. The summed E-state index contributed by atoms with van der Waals surface area (Å²) in [6, 6.07) is 11.2. The summed E-state index contributed by atoms with van der Waals surface area (Å²) >= 11 is 5.89. The summed E-state index contributed by atoms with van der Waals surface area (Å²) in [5.41, 5.74) is -0.942. The van der Waals surface area contributed by atoms with Gasteiger partial charge in [-0.2, -0.15) is 0 Å². The molecule has 1 heterocycles. The highest BCUT2D eigenvalue weighted by atomic mass is 35.5. The first-order valence-corrected chi connectivity index (χ1v) is 9.94. The van der Waals surface area contributed by atoms with Crippen LogP contribution in [0.1, 0.15) is 36.2 Å². The lowest BCUT2D eigenvalue weighted by atomic mass is 9.75. The van der Waals surface area contributed by atoms with Crippen LogP contribution in [-0.2, 0) is 25.5 Å². The summed E-state index contributed by atoms with van der Waals surface area (Å²) in [7, 11) is 2.98. The zero-order chi connectivity index (χ0) is 22.8. The number of hydrogen-bond donors (Lipinski definition) is 0. The highest BCUT2D eigenvalue weighted by Crippen LogP contribution is 2.40. The molecule has 1 fully saturated rings. The standard InChI is InChI=1S/C23H23ClO7/c1-22(2)30-20(26)23(21(27)31-22,13-17(25)15-6-8-16(24)9-7-15)12-14-5-10-18(28-3)19(11-14)29-4/h5-11H,12-13H2,1-4H3. The van der Waals surface area contributed by atoms with E-state index in [4.69, 9.17) is 30.5 Å². The molecule has 2 aromatic rings. The highest BCUT2D eigenvalue weighted by Gasteiger charge is 2.57. The molecule has 0 bridgehead atoms. The highest BCUT2D eigenvalue weighted by molar-refractivity contribution is 6.30. The lowest BCUT2D eigenvalue weighted by molar-refractivity contribution is -0.250. The summed E-state index contributed by atoms with van der Waals surface area (Å²) in [5.74, 6) is -2.54. The monoisotopic (exact) mass is 446 g/mol. The Morgan fingerprint density at radius 1 is 0.935 bits per heavy atom. The molecule has 0 spiro atoms. The third-order valence-corrected chi connectivity index (χ3v) is 5.29. The average molecular weight is 447 g/mol. The fourth-order valence-corrected chi connectivity index (χ4v) is 3.57. The van der Waals surface area contributed by atoms with E-state index in [1.807, 2.05) is 0 Å². The van der Waals surface area contributed by atoms with Gasteiger partial charge >= 0.3 is 11.9 Å². The van der Waals surface area contributed by atoms with Gasteiger partial charge in [0.25, 0.3) is 5.79 Å². The third-order valence-electron chi connectivity index (χ3n) is 5.04. The molecule has 164 valence electrons. The van der Waals surface area contributed by atoms with E-state index in [0.29, 0.717) is 27.6 Å². The second-order valence-electron chi connectivity index (χ2n) is 7.73. The number of ether oxygens (including phenoxy) is 4. The van der Waals surface area contributed by atoms with E-state index in [9.17, 15) is 14.4 Å². The molecule has 8 heteroatoms. The Bertz CT molecular complexity index is 991. The molecule has 0 amide bonds. The van der Waals surface area contributed by atoms with Gasteiger partial charge in [0.1, 0.15) is 0 Å². The minimum atomic E-state index is -1.84. The van der Waals surface area contributed by atoms with Crippen LogP contribution >= 0.6 is 11.6 Å². The maximum Gasteiger partial charge on any atom is 0.327 e. The topological polar surface area (TPSA) is 88.1 Å². The van der Waals surface area contributed by atoms with Crippen LogP contribution in [0.5, 0.6) is 11.5 Å². The predicted molar refractivity (Wildman–Crippen MR) is 112 cm³/mol. The second kappa shape index (κ2) is 8.59. The lowest BCUT2D eigenvalue weighted by Crippen LogP contribution is -2.55. The minimum Gasteiger partial charge on any atom is -0.493 e. The van der Waals surface area contributed by atoms with Crippen LogP contribution in [0, 0.1) is 5.41 Å². The summed E-state index contributed by atoms with van der Waals surface area (Å²) < 4.78 is 21.3. The van der Waals surface area contributed by atoms with Gasteiger partial charge in [-0.1, -0.05) is 17.7 Å². The number of cyclic esters (lactones) is 2. The molecule has 2 aromatic carbocycles. The van der Waals surface area contributed by atoms with E-state index in [1.54, 1.807) is 30.3 Å². The summed E-state index contributed by atoms with van der Waals surface area (Å²) in [6.45, 7) is 2.92. The minimum absolute atomic E-state index is 0.111. The van der Waals surface area contributed by atoms with Crippen molar-refractivity contribution in [3.63, 3.8) is 0 Å². The largest absolute Gasteiger partial charge is 0.493 e. The van der Waals surface area contributed by atoms with Crippen molar-refractivity contribution in [3.05, 3.63) is 58.6 Å². The van der Waals surface area contributed by atoms with Crippen molar-refractivity contribution in [3.8, 4) is 11.5 Å². The Kier molecular flexibility index (Phi) is 6.27. The van der Waals surface area contributed by atoms with Crippen molar-refractivity contribution < 1.29 is 33.3 Å². The van der Waals surface area contributed by atoms with Crippen molar-refractivity contribution in [1.29, 1.82) is 0 Å². The number of carbonyl (C=O) groups excluding carboxylic acids is 3. The zero-order valence-electron chi connectivity index (χ0n) is 17.7. The van der Waals surface area contributed by atoms with Crippen molar-refractivity contribution in [2.45, 2.75) is 32.5 Å². The van der Waals surface area contributed by atoms with Gasteiger partial charge in [0.2, 0.25) is 0 Å². The molecule has 1 saturated heterocycles. The van der Waals surface area contributed by atoms with E-state index >= 15 is 0 Å². The molecule has 1 aliphatic heterocycles. The zero-order valence-corrected chi connectivity index (χ0v) is 18.4. The van der Waals surface area contributed by atoms with Crippen molar-refractivity contribution in [1.82, 2.24) is 0 Å². The molecule has 0 aliphatic carbocycles. The molecular weight excluding hydrogens is 424 g/mol. The molecule has 0 N–H and O–H groups in total. The summed E-state index contributed by atoms with van der Waals surface area (Å²) in [4.78, 5) is 39.2. The number of esters is 2. The number of benzene rings is 2. The predicted octanol–water partition coefficient (Wildman–Crippen LogP) is 4.00. The van der Waals surface area contributed by atoms with Crippen LogP contribution in [0.4, 0.5) is 0 Å². The molecule has 3 rings (SSSR count). The van der Waals surface area contributed by atoms with Crippen LogP contribution in [0.25, 0.3) is 0 Å². The van der Waals surface area contributed by atoms with E-state index in [-0.39, 0.29) is 6.42 Å². The van der Waals surface area contributed by atoms with E-state index in [1.165, 1.54) is 40.2 Å². The summed E-state index contributed by atoms with van der Waals surface area (Å²) in [6.07, 6.45) is -0.531. The van der Waals surface area contributed by atoms with Gasteiger partial charge in [-0.3, -0.25) is 14.4 Å². The number of rotatable bonds is 7. The third kappa shape index (κ3) is 4.66. The molecule has 31 heavy (non-hydrogen) atoms. The molecule has 1 aliphatic rings. The van der Waals surface area contributed by atoms with Crippen LogP contribution < -0.4 is 9.47 Å². The molecule has 0 aromatic heterocycles. The van der Waals surface area contributed by atoms with Crippen molar-refractivity contribution >= 4 is 29.3 Å². The maximum atomic E-state index is 13.1. The Labute approximate surface area is 185 Å². The fourth-order valence-electron chi connectivity index (χ4n) is 3.45. The number of ketones is 1. The number of halogens is 1. The van der Waals surface area contributed by atoms with Gasteiger partial charge in [0.05, 0.1) is 14.2 Å². The van der Waals surface area contributed by atoms with Crippen LogP contribution in [0.15, 0.2) is 42.5 Å². The van der Waals surface area contributed by atoms with E-state index in [2.05, 4.69) is 0 Å². The first-order chi connectivity index (χ1) is 14.6. The SMILES string of the molecule is COc1ccc(CC2(CC(=O)c3ccc(Cl)cc3)C(=O)OC(C)(C)OC2=O)cc1OC. The van der Waals surface area contributed by atoms with Crippen LogP contribution in [-0.4, -0.2) is 37.7 Å². The van der Waals surface area contributed by atoms with Gasteiger partial charge < -0.3 is 18.9 Å². The van der Waals surface area contributed by atoms with Gasteiger partial charge in [-0.05, 0) is 48.4 Å². The Balaban J connectivity index is 2.01. The molecule has 0 atom stereocenters. The second-order valence-corrected chi connectivity index (χ2v) is 8.17. The summed E-state index contributed by atoms with van der Waals surface area (Å²) in [5, 5.41) is 0.467. The molecule has 0 radical (unpaired) electrons. The first-order valence-electron chi connectivity index (χ1n) is 9.57. The first kappa shape index (κ1) is 22.6. The smallest absolute Gasteiger partial charge is 0.327 e. The van der Waals surface area contributed by atoms with E-state index < -0.39 is 35.3 Å². The number of carbonyl (C=O) groups is 3. The quantitative estimate of drug-likeness (QED) is 0.361. The van der Waals surface area contributed by atoms with Crippen LogP contribution in [0.3, 0.4) is 0 Å². The van der Waals surface area contributed by atoms with Crippen molar-refractivity contribution in [2.24, 2.45) is 5.41 Å². The lowest BCUT2D eigenvalue weighted by Gasteiger charge is -2.40. The molecule has 7 nitrogen and oxygen atoms in total. The van der Waals surface area contributed by atoms with Gasteiger partial charge in [-0.25, -0.2) is 0 Å². The Morgan fingerprint density at radius 2 is 1.52 bits per heavy atom. The number of methoxy groups -OCH3 is 2. The van der Waals surface area contributed by atoms with Gasteiger partial charge in [0.15, 0.2) is 22.7 Å². The Hall–Kier alpha value is -3.06.